The van der Waals surface area contributed by atoms with E-state index in [-0.39, 0.29) is 24.8 Å². The molecule has 0 bridgehead atoms. The van der Waals surface area contributed by atoms with E-state index in [2.05, 4.69) is 16.0 Å². The van der Waals surface area contributed by atoms with Gasteiger partial charge in [-0.3, -0.25) is 9.59 Å². The van der Waals surface area contributed by atoms with Gasteiger partial charge in [-0.2, -0.15) is 0 Å². The monoisotopic (exact) mass is 525 g/mol. The van der Waals surface area contributed by atoms with E-state index >= 15 is 0 Å². The normalized spacial score (nSPS) is 14.2. The fourth-order valence-electron chi connectivity index (χ4n) is 4.21. The van der Waals surface area contributed by atoms with E-state index in [1.165, 1.54) is 7.11 Å². The zero-order valence-electron chi connectivity index (χ0n) is 22.0. The second-order valence-electron chi connectivity index (χ2n) is 9.28. The molecule has 11 nitrogen and oxygen atoms in total. The summed E-state index contributed by atoms with van der Waals surface area (Å²) in [4.78, 5) is 52.1. The number of carboxylic acids is 1. The van der Waals surface area contributed by atoms with Gasteiger partial charge in [0, 0.05) is 37.9 Å². The lowest BCUT2D eigenvalue weighted by atomic mass is 10.1. The third kappa shape index (κ3) is 8.12. The van der Waals surface area contributed by atoms with Gasteiger partial charge in [-0.05, 0) is 49.6 Å². The predicted octanol–water partition coefficient (Wildman–Crippen LogP) is 3.30. The van der Waals surface area contributed by atoms with Crippen LogP contribution in [0.15, 0.2) is 42.5 Å². The van der Waals surface area contributed by atoms with Crippen LogP contribution in [-0.2, 0) is 16.0 Å². The number of hydrogen-bond donors (Lipinski definition) is 4. The number of carboxylic acid groups (broad SMARTS) is 1. The number of nitrogens with one attached hydrogen (secondary N) is 3. The average molecular weight is 526 g/mol. The maximum atomic E-state index is 13.0. The summed E-state index contributed by atoms with van der Waals surface area (Å²) in [7, 11) is 1.50. The SMILES string of the molecule is COc1cc(CC(=O)N2CCCN(C(=O)NC(C)CC(=O)O)CC2)ccc1NC(=O)Nc1ccccc1C. The number of methoxy groups -OCH3 is 1. The largest absolute Gasteiger partial charge is 0.495 e. The van der Waals surface area contributed by atoms with Crippen LogP contribution in [-0.4, -0.2) is 78.2 Å². The molecular weight excluding hydrogens is 490 g/mol. The summed E-state index contributed by atoms with van der Waals surface area (Å²) in [5.41, 5.74) is 2.85. The van der Waals surface area contributed by atoms with E-state index in [9.17, 15) is 19.2 Å². The van der Waals surface area contributed by atoms with Crippen LogP contribution >= 0.6 is 0 Å². The summed E-state index contributed by atoms with van der Waals surface area (Å²) < 4.78 is 5.45. The molecule has 2 aromatic rings. The molecule has 1 saturated heterocycles. The first kappa shape index (κ1) is 28.3. The molecule has 5 amide bonds. The summed E-state index contributed by atoms with van der Waals surface area (Å²) in [5, 5.41) is 17.2. The zero-order valence-corrected chi connectivity index (χ0v) is 22.0. The summed E-state index contributed by atoms with van der Waals surface area (Å²) in [6.45, 7) is 5.29. The lowest BCUT2D eigenvalue weighted by Crippen LogP contribution is -2.46. The van der Waals surface area contributed by atoms with Crippen molar-refractivity contribution in [2.75, 3.05) is 43.9 Å². The number of para-hydroxylation sites is 1. The van der Waals surface area contributed by atoms with Gasteiger partial charge >= 0.3 is 18.0 Å². The highest BCUT2D eigenvalue weighted by molar-refractivity contribution is 6.01. The number of benzene rings is 2. The van der Waals surface area contributed by atoms with E-state index in [0.717, 1.165) is 11.1 Å². The molecule has 1 fully saturated rings. The number of aryl methyl sites for hydroxylation is 1. The number of aliphatic carboxylic acids is 1. The molecule has 0 radical (unpaired) electrons. The number of ether oxygens (including phenoxy) is 1. The van der Waals surface area contributed by atoms with E-state index in [1.807, 2.05) is 31.2 Å². The molecule has 0 spiro atoms. The van der Waals surface area contributed by atoms with Gasteiger partial charge in [0.25, 0.3) is 0 Å². The summed E-state index contributed by atoms with van der Waals surface area (Å²) in [6.07, 6.45) is 0.613. The van der Waals surface area contributed by atoms with Crippen molar-refractivity contribution < 1.29 is 29.0 Å². The Labute approximate surface area is 222 Å². The molecule has 38 heavy (non-hydrogen) atoms. The van der Waals surface area contributed by atoms with Crippen LogP contribution < -0.4 is 20.7 Å². The highest BCUT2D eigenvalue weighted by Gasteiger charge is 2.23. The molecule has 3 rings (SSSR count). The van der Waals surface area contributed by atoms with Crippen molar-refractivity contribution in [3.8, 4) is 5.75 Å². The number of anilines is 2. The van der Waals surface area contributed by atoms with Gasteiger partial charge in [-0.15, -0.1) is 0 Å². The van der Waals surface area contributed by atoms with Crippen LogP contribution in [0.2, 0.25) is 0 Å². The Kier molecular flexibility index (Phi) is 9.92. The van der Waals surface area contributed by atoms with E-state index in [0.29, 0.717) is 49.7 Å². The molecule has 1 aliphatic rings. The topological polar surface area (TPSA) is 140 Å². The second kappa shape index (κ2) is 13.3. The highest BCUT2D eigenvalue weighted by Crippen LogP contribution is 2.26. The Bertz CT molecular complexity index is 1170. The molecule has 1 heterocycles. The Morgan fingerprint density at radius 3 is 2.37 bits per heavy atom. The van der Waals surface area contributed by atoms with Crippen molar-refractivity contribution in [1.82, 2.24) is 15.1 Å². The molecule has 1 aliphatic heterocycles. The highest BCUT2D eigenvalue weighted by atomic mass is 16.5. The predicted molar refractivity (Wildman–Crippen MR) is 144 cm³/mol. The van der Waals surface area contributed by atoms with Crippen LogP contribution in [0.5, 0.6) is 5.75 Å². The van der Waals surface area contributed by atoms with Crippen molar-refractivity contribution in [2.45, 2.75) is 39.2 Å². The lowest BCUT2D eigenvalue weighted by Gasteiger charge is -2.24. The number of rotatable bonds is 8. The van der Waals surface area contributed by atoms with Crippen LogP contribution in [0.3, 0.4) is 0 Å². The maximum absolute atomic E-state index is 13.0. The molecule has 0 aromatic heterocycles. The van der Waals surface area contributed by atoms with Crippen LogP contribution in [0, 0.1) is 6.92 Å². The quantitative estimate of drug-likeness (QED) is 0.417. The minimum atomic E-state index is -0.976. The number of amides is 5. The zero-order chi connectivity index (χ0) is 27.7. The van der Waals surface area contributed by atoms with Gasteiger partial charge in [0.15, 0.2) is 0 Å². The third-order valence-electron chi connectivity index (χ3n) is 6.25. The van der Waals surface area contributed by atoms with E-state index in [1.54, 1.807) is 34.9 Å². The van der Waals surface area contributed by atoms with Crippen LogP contribution in [0.1, 0.15) is 30.9 Å². The van der Waals surface area contributed by atoms with E-state index in [4.69, 9.17) is 9.84 Å². The van der Waals surface area contributed by atoms with Gasteiger partial charge in [-0.1, -0.05) is 24.3 Å². The van der Waals surface area contributed by atoms with Crippen molar-refractivity contribution in [2.24, 2.45) is 0 Å². The minimum Gasteiger partial charge on any atom is -0.495 e. The number of carbonyl (C=O) groups excluding carboxylic acids is 3. The first-order chi connectivity index (χ1) is 18.2. The molecule has 0 saturated carbocycles. The second-order valence-corrected chi connectivity index (χ2v) is 9.28. The first-order valence-corrected chi connectivity index (χ1v) is 12.5. The Hall–Kier alpha value is -4.28. The molecular formula is C27H35N5O6. The standard InChI is InChI=1S/C27H35N5O6/c1-18-7-4-5-8-21(18)29-26(36)30-22-10-9-20(16-23(22)38-3)17-24(33)31-11-6-12-32(14-13-31)27(37)28-19(2)15-25(34)35/h4-5,7-10,16,19H,6,11-15,17H2,1-3H3,(H,28,37)(H,34,35)(H2,29,30,36). The molecule has 204 valence electrons. The van der Waals surface area contributed by atoms with Crippen molar-refractivity contribution in [3.63, 3.8) is 0 Å². The van der Waals surface area contributed by atoms with Gasteiger partial charge in [0.1, 0.15) is 5.75 Å². The summed E-state index contributed by atoms with van der Waals surface area (Å²) >= 11 is 0. The van der Waals surface area contributed by atoms with Crippen LogP contribution in [0.25, 0.3) is 0 Å². The summed E-state index contributed by atoms with van der Waals surface area (Å²) in [5.74, 6) is -0.618. The minimum absolute atomic E-state index is 0.0773. The van der Waals surface area contributed by atoms with E-state index < -0.39 is 18.0 Å². The molecule has 11 heteroatoms. The molecule has 2 aromatic carbocycles. The van der Waals surface area contributed by atoms with Crippen molar-refractivity contribution in [1.29, 1.82) is 0 Å². The maximum Gasteiger partial charge on any atom is 0.323 e. The Morgan fingerprint density at radius 1 is 0.974 bits per heavy atom. The number of nitrogens with zero attached hydrogens (tertiary/aromatic N) is 2. The average Bonchev–Trinajstić information content (AvgIpc) is 3.12. The Morgan fingerprint density at radius 2 is 1.66 bits per heavy atom. The molecule has 1 atom stereocenters. The van der Waals surface area contributed by atoms with Gasteiger partial charge in [0.05, 0.1) is 25.6 Å². The smallest absolute Gasteiger partial charge is 0.323 e. The van der Waals surface area contributed by atoms with Gasteiger partial charge in [-0.25, -0.2) is 9.59 Å². The summed E-state index contributed by atoms with van der Waals surface area (Å²) in [6, 6.07) is 11.4. The van der Waals surface area contributed by atoms with Crippen molar-refractivity contribution in [3.05, 3.63) is 53.6 Å². The molecule has 0 aliphatic carbocycles. The van der Waals surface area contributed by atoms with Crippen LogP contribution in [0.4, 0.5) is 21.0 Å². The lowest BCUT2D eigenvalue weighted by molar-refractivity contribution is -0.137. The Balaban J connectivity index is 1.55. The number of hydrogen-bond acceptors (Lipinski definition) is 5. The molecule has 4 N–H and O–H groups in total. The molecule has 1 unspecified atom stereocenters. The fourth-order valence-corrected chi connectivity index (χ4v) is 4.21. The number of carbonyl (C=O) groups is 4. The third-order valence-corrected chi connectivity index (χ3v) is 6.25. The van der Waals surface area contributed by atoms with Gasteiger partial charge < -0.3 is 35.6 Å². The van der Waals surface area contributed by atoms with Crippen molar-refractivity contribution >= 4 is 35.3 Å². The van der Waals surface area contributed by atoms with Gasteiger partial charge in [0.2, 0.25) is 5.91 Å². The fraction of sp³-hybridized carbons (Fsp3) is 0.407. The first-order valence-electron chi connectivity index (χ1n) is 12.5. The number of urea groups is 2.